The summed E-state index contributed by atoms with van der Waals surface area (Å²) < 4.78 is 0. The summed E-state index contributed by atoms with van der Waals surface area (Å²) in [7, 11) is 0. The molecule has 3 rings (SSSR count). The van der Waals surface area contributed by atoms with Crippen LogP contribution in [0.1, 0.15) is 36.0 Å². The van der Waals surface area contributed by atoms with Gasteiger partial charge in [-0.15, -0.1) is 24.8 Å². The summed E-state index contributed by atoms with van der Waals surface area (Å²) in [5.74, 6) is -0.173. The highest BCUT2D eigenvalue weighted by molar-refractivity contribution is 6.30. The Morgan fingerprint density at radius 3 is 2.50 bits per heavy atom. The Morgan fingerprint density at radius 1 is 1.07 bits per heavy atom. The van der Waals surface area contributed by atoms with Gasteiger partial charge in [0.15, 0.2) is 0 Å². The molecule has 0 bridgehead atoms. The van der Waals surface area contributed by atoms with Gasteiger partial charge < -0.3 is 16.4 Å². The van der Waals surface area contributed by atoms with Crippen molar-refractivity contribution in [3.8, 4) is 0 Å². The first-order valence-electron chi connectivity index (χ1n) is 8.61. The lowest BCUT2D eigenvalue weighted by Crippen LogP contribution is -2.34. The molecule has 152 valence electrons. The minimum absolute atomic E-state index is 0. The Bertz CT molecular complexity index is 802. The summed E-state index contributed by atoms with van der Waals surface area (Å²) in [6, 6.07) is 10.2. The van der Waals surface area contributed by atoms with E-state index in [1.165, 1.54) is 6.20 Å². The van der Waals surface area contributed by atoms with Crippen molar-refractivity contribution in [2.24, 2.45) is 11.7 Å². The zero-order chi connectivity index (χ0) is 18.5. The summed E-state index contributed by atoms with van der Waals surface area (Å²) in [6.45, 7) is 0. The lowest BCUT2D eigenvalue weighted by Gasteiger charge is -2.26. The summed E-state index contributed by atoms with van der Waals surface area (Å²) >= 11 is 5.80. The third-order valence-electron chi connectivity index (χ3n) is 4.48. The number of aromatic nitrogens is 1. The molecule has 2 unspecified atom stereocenters. The first-order valence-corrected chi connectivity index (χ1v) is 8.99. The molecule has 2 amide bonds. The second kappa shape index (κ2) is 11.2. The fourth-order valence-electron chi connectivity index (χ4n) is 3.12. The first kappa shape index (κ1) is 24.2. The molecule has 1 aromatic heterocycles. The van der Waals surface area contributed by atoms with Crippen molar-refractivity contribution >= 4 is 59.7 Å². The van der Waals surface area contributed by atoms with Crippen molar-refractivity contribution in [1.82, 2.24) is 4.98 Å². The molecule has 6 nitrogen and oxygen atoms in total. The van der Waals surface area contributed by atoms with Gasteiger partial charge in [0, 0.05) is 18.2 Å². The minimum Gasteiger partial charge on any atom is -0.328 e. The van der Waals surface area contributed by atoms with E-state index in [2.05, 4.69) is 15.6 Å². The van der Waals surface area contributed by atoms with Crippen LogP contribution in [0.25, 0.3) is 0 Å². The topological polar surface area (TPSA) is 97.1 Å². The minimum atomic E-state index is -0.351. The summed E-state index contributed by atoms with van der Waals surface area (Å²) in [6.07, 6.45) is 4.86. The number of anilines is 2. The van der Waals surface area contributed by atoms with Crippen LogP contribution in [0, 0.1) is 5.92 Å². The van der Waals surface area contributed by atoms with Gasteiger partial charge in [-0.1, -0.05) is 30.2 Å². The molecule has 9 heteroatoms. The molecule has 1 aromatic carbocycles. The number of nitrogens with zero attached hydrogens (tertiary/aromatic N) is 1. The molecule has 2 atom stereocenters. The maximum absolute atomic E-state index is 12.6. The Labute approximate surface area is 181 Å². The van der Waals surface area contributed by atoms with E-state index in [4.69, 9.17) is 17.3 Å². The number of hydrogen-bond donors (Lipinski definition) is 3. The van der Waals surface area contributed by atoms with Crippen LogP contribution >= 0.6 is 36.4 Å². The van der Waals surface area contributed by atoms with E-state index in [1.807, 2.05) is 0 Å². The third kappa shape index (κ3) is 6.34. The Kier molecular flexibility index (Phi) is 9.69. The number of pyridine rings is 1. The molecular formula is C19H23Cl3N4O2. The highest BCUT2D eigenvalue weighted by atomic mass is 35.5. The van der Waals surface area contributed by atoms with Crippen LogP contribution in [0.2, 0.25) is 5.02 Å². The van der Waals surface area contributed by atoms with Crippen molar-refractivity contribution < 1.29 is 9.59 Å². The maximum Gasteiger partial charge on any atom is 0.258 e. The second-order valence-corrected chi connectivity index (χ2v) is 6.91. The number of carbonyl (C=O) groups is 2. The van der Waals surface area contributed by atoms with Crippen LogP contribution in [-0.2, 0) is 4.79 Å². The molecule has 28 heavy (non-hydrogen) atoms. The second-order valence-electron chi connectivity index (χ2n) is 6.47. The largest absolute Gasteiger partial charge is 0.328 e. The van der Waals surface area contributed by atoms with Crippen LogP contribution in [0.4, 0.5) is 11.5 Å². The number of para-hydroxylation sites is 1. The first-order chi connectivity index (χ1) is 12.5. The monoisotopic (exact) mass is 444 g/mol. The van der Waals surface area contributed by atoms with Gasteiger partial charge in [0.1, 0.15) is 5.82 Å². The van der Waals surface area contributed by atoms with Gasteiger partial charge >= 0.3 is 0 Å². The van der Waals surface area contributed by atoms with Crippen molar-refractivity contribution in [2.75, 3.05) is 10.6 Å². The van der Waals surface area contributed by atoms with E-state index in [0.29, 0.717) is 28.5 Å². The van der Waals surface area contributed by atoms with Gasteiger partial charge in [0.2, 0.25) is 5.91 Å². The van der Waals surface area contributed by atoms with Crippen LogP contribution in [0.5, 0.6) is 0 Å². The zero-order valence-corrected chi connectivity index (χ0v) is 17.4. The molecule has 1 aliphatic rings. The summed E-state index contributed by atoms with van der Waals surface area (Å²) in [5.41, 5.74) is 6.82. The van der Waals surface area contributed by atoms with E-state index in [1.54, 1.807) is 36.4 Å². The number of hydrogen-bond acceptors (Lipinski definition) is 4. The van der Waals surface area contributed by atoms with Gasteiger partial charge in [-0.05, 0) is 43.5 Å². The average Bonchev–Trinajstić information content (AvgIpc) is 2.64. The van der Waals surface area contributed by atoms with Crippen LogP contribution in [-0.4, -0.2) is 22.8 Å². The van der Waals surface area contributed by atoms with E-state index in [9.17, 15) is 9.59 Å². The molecule has 2 aromatic rings. The van der Waals surface area contributed by atoms with E-state index >= 15 is 0 Å². The molecular weight excluding hydrogens is 423 g/mol. The van der Waals surface area contributed by atoms with Crippen molar-refractivity contribution in [1.29, 1.82) is 0 Å². The molecule has 0 saturated heterocycles. The Balaban J connectivity index is 0.00000196. The molecule has 1 fully saturated rings. The number of rotatable bonds is 4. The highest BCUT2D eigenvalue weighted by Crippen LogP contribution is 2.25. The smallest absolute Gasteiger partial charge is 0.258 e. The summed E-state index contributed by atoms with van der Waals surface area (Å²) in [5, 5.41) is 6.07. The lowest BCUT2D eigenvalue weighted by molar-refractivity contribution is -0.120. The number of nitrogens with two attached hydrogens (primary N) is 1. The average molecular weight is 446 g/mol. The number of carbonyl (C=O) groups excluding carboxylic acids is 2. The number of nitrogens with one attached hydrogen (secondary N) is 2. The Morgan fingerprint density at radius 2 is 1.82 bits per heavy atom. The molecule has 1 saturated carbocycles. The van der Waals surface area contributed by atoms with E-state index in [0.717, 1.165) is 19.3 Å². The third-order valence-corrected chi connectivity index (χ3v) is 4.71. The van der Waals surface area contributed by atoms with Gasteiger partial charge in [0.05, 0.1) is 16.3 Å². The SMILES string of the molecule is Cl.Cl.NC1CCCC(C(=O)Nc2ccccc2C(=O)Nc2ccc(Cl)cn2)C1. The van der Waals surface area contributed by atoms with Crippen molar-refractivity contribution in [2.45, 2.75) is 31.7 Å². The summed E-state index contributed by atoms with van der Waals surface area (Å²) in [4.78, 5) is 29.2. The predicted molar refractivity (Wildman–Crippen MR) is 117 cm³/mol. The van der Waals surface area contributed by atoms with Crippen LogP contribution < -0.4 is 16.4 Å². The zero-order valence-electron chi connectivity index (χ0n) is 15.1. The fourth-order valence-corrected chi connectivity index (χ4v) is 3.24. The molecule has 0 aliphatic heterocycles. The lowest BCUT2D eigenvalue weighted by atomic mass is 9.85. The van der Waals surface area contributed by atoms with Gasteiger partial charge in [-0.25, -0.2) is 4.98 Å². The van der Waals surface area contributed by atoms with Gasteiger partial charge in [-0.3, -0.25) is 9.59 Å². The van der Waals surface area contributed by atoms with E-state index in [-0.39, 0.29) is 48.6 Å². The van der Waals surface area contributed by atoms with Crippen LogP contribution in [0.3, 0.4) is 0 Å². The van der Waals surface area contributed by atoms with Crippen LogP contribution in [0.15, 0.2) is 42.6 Å². The molecule has 0 radical (unpaired) electrons. The fraction of sp³-hybridized carbons (Fsp3) is 0.316. The van der Waals surface area contributed by atoms with Crippen molar-refractivity contribution in [3.05, 3.63) is 53.2 Å². The predicted octanol–water partition coefficient (Wildman–Crippen LogP) is 4.29. The maximum atomic E-state index is 12.6. The van der Waals surface area contributed by atoms with Crippen molar-refractivity contribution in [3.63, 3.8) is 0 Å². The quantitative estimate of drug-likeness (QED) is 0.654. The molecule has 1 aliphatic carbocycles. The van der Waals surface area contributed by atoms with Gasteiger partial charge in [-0.2, -0.15) is 0 Å². The highest BCUT2D eigenvalue weighted by Gasteiger charge is 2.26. The number of benzene rings is 1. The normalized spacial score (nSPS) is 18.2. The molecule has 1 heterocycles. The van der Waals surface area contributed by atoms with Gasteiger partial charge in [0.25, 0.3) is 5.91 Å². The Hall–Kier alpha value is -1.86. The van der Waals surface area contributed by atoms with E-state index < -0.39 is 0 Å². The number of halogens is 3. The number of amides is 2. The standard InChI is InChI=1S/C19H21ClN4O2.2ClH/c20-13-8-9-17(22-11-13)24-19(26)15-6-1-2-7-16(15)23-18(25)12-4-3-5-14(21)10-12;;/h1-2,6-9,11-12,14H,3-5,10,21H2,(H,23,25)(H,22,24,26);2*1H. The molecule has 0 spiro atoms. The molecule has 4 N–H and O–H groups in total.